The summed E-state index contributed by atoms with van der Waals surface area (Å²) in [4.78, 5) is 10.9. The molecule has 0 aliphatic heterocycles. The van der Waals surface area contributed by atoms with E-state index in [0.29, 0.717) is 11.3 Å². The number of carbonyl (C=O) groups excluding carboxylic acids is 1. The Bertz CT molecular complexity index is 413. The fraction of sp³-hybridized carbons (Fsp3) is 0.462. The number of rotatable bonds is 6. The number of aryl methyl sites for hydroxylation is 1. The lowest BCUT2D eigenvalue weighted by Crippen LogP contribution is -2.07. The van der Waals surface area contributed by atoms with Crippen LogP contribution in [-0.4, -0.2) is 19.7 Å². The molecule has 4 heteroatoms. The van der Waals surface area contributed by atoms with Crippen LogP contribution in [-0.2, 0) is 4.74 Å². The van der Waals surface area contributed by atoms with Gasteiger partial charge in [-0.3, -0.25) is 4.79 Å². The van der Waals surface area contributed by atoms with Gasteiger partial charge in [-0.25, -0.2) is 0 Å². The molecule has 0 bridgehead atoms. The summed E-state index contributed by atoms with van der Waals surface area (Å²) in [6.07, 6.45) is 3.32. The molecule has 1 aliphatic rings. The third-order valence-corrected chi connectivity index (χ3v) is 3.19. The quantitative estimate of drug-likeness (QED) is 0.459. The van der Waals surface area contributed by atoms with Gasteiger partial charge in [0.1, 0.15) is 5.75 Å². The molecule has 0 heterocycles. The van der Waals surface area contributed by atoms with E-state index in [1.54, 1.807) is 6.07 Å². The van der Waals surface area contributed by atoms with Gasteiger partial charge in [0.2, 0.25) is 0 Å². The Morgan fingerprint density at radius 3 is 2.88 bits per heavy atom. The monoisotopic (exact) mass is 298 g/mol. The maximum atomic E-state index is 10.9. The summed E-state index contributed by atoms with van der Waals surface area (Å²) in [5.74, 6) is 1.33. The number of carbonyl (C=O) groups is 1. The molecule has 0 atom stereocenters. The molecule has 0 radical (unpaired) electrons. The maximum absolute atomic E-state index is 10.9. The Hall–Kier alpha value is -0.870. The topological polar surface area (TPSA) is 35.5 Å². The first kappa shape index (κ1) is 12.6. The second kappa shape index (κ2) is 5.65. The van der Waals surface area contributed by atoms with E-state index in [2.05, 4.69) is 15.9 Å². The van der Waals surface area contributed by atoms with E-state index in [4.69, 9.17) is 9.47 Å². The van der Waals surface area contributed by atoms with Crippen LogP contribution in [0.5, 0.6) is 5.75 Å². The molecule has 3 nitrogen and oxygen atoms in total. The fourth-order valence-electron chi connectivity index (χ4n) is 1.64. The first-order valence-corrected chi connectivity index (χ1v) is 6.46. The van der Waals surface area contributed by atoms with Gasteiger partial charge >= 0.3 is 0 Å². The second-order valence-corrected chi connectivity index (χ2v) is 5.25. The third kappa shape index (κ3) is 3.54. The summed E-state index contributed by atoms with van der Waals surface area (Å²) in [6, 6.07) is 3.67. The predicted octanol–water partition coefficient (Wildman–Crippen LogP) is 3.33. The zero-order valence-corrected chi connectivity index (χ0v) is 11.3. The van der Waals surface area contributed by atoms with E-state index in [1.165, 1.54) is 12.8 Å². The second-order valence-electron chi connectivity index (χ2n) is 4.34. The van der Waals surface area contributed by atoms with Crippen molar-refractivity contribution < 1.29 is 14.3 Å². The lowest BCUT2D eigenvalue weighted by atomic mass is 10.1. The van der Waals surface area contributed by atoms with Gasteiger partial charge in [0.15, 0.2) is 13.1 Å². The van der Waals surface area contributed by atoms with Gasteiger partial charge in [0, 0.05) is 4.47 Å². The van der Waals surface area contributed by atoms with E-state index in [0.717, 1.165) is 28.8 Å². The van der Waals surface area contributed by atoms with E-state index in [9.17, 15) is 4.79 Å². The molecule has 0 amide bonds. The van der Waals surface area contributed by atoms with Crippen LogP contribution in [0.4, 0.5) is 0 Å². The highest BCUT2D eigenvalue weighted by atomic mass is 79.9. The Balaban J connectivity index is 1.95. The van der Waals surface area contributed by atoms with E-state index in [-0.39, 0.29) is 6.79 Å². The summed E-state index contributed by atoms with van der Waals surface area (Å²) < 4.78 is 11.8. The molecule has 0 aromatic heterocycles. The fourth-order valence-corrected chi connectivity index (χ4v) is 2.23. The highest BCUT2D eigenvalue weighted by Crippen LogP contribution is 2.29. The molecular weight excluding hydrogens is 284 g/mol. The Morgan fingerprint density at radius 1 is 1.47 bits per heavy atom. The van der Waals surface area contributed by atoms with Crippen molar-refractivity contribution in [3.05, 3.63) is 27.7 Å². The van der Waals surface area contributed by atoms with E-state index < -0.39 is 0 Å². The summed E-state index contributed by atoms with van der Waals surface area (Å²) >= 11 is 3.35. The van der Waals surface area contributed by atoms with Crippen LogP contribution in [0.15, 0.2) is 16.6 Å². The number of benzene rings is 1. The average molecular weight is 299 g/mol. The number of hydrogen-bond acceptors (Lipinski definition) is 3. The molecule has 0 unspecified atom stereocenters. The van der Waals surface area contributed by atoms with Crippen molar-refractivity contribution >= 4 is 22.2 Å². The van der Waals surface area contributed by atoms with Crippen LogP contribution >= 0.6 is 15.9 Å². The molecule has 0 spiro atoms. The van der Waals surface area contributed by atoms with Gasteiger partial charge in [-0.2, -0.15) is 0 Å². The van der Waals surface area contributed by atoms with E-state index >= 15 is 0 Å². The van der Waals surface area contributed by atoms with Gasteiger partial charge in [-0.05, 0) is 43.4 Å². The highest BCUT2D eigenvalue weighted by molar-refractivity contribution is 9.10. The number of aldehydes is 1. The van der Waals surface area contributed by atoms with Crippen molar-refractivity contribution in [1.29, 1.82) is 0 Å². The first-order chi connectivity index (χ1) is 8.20. The SMILES string of the molecule is Cc1cc(Br)cc(C=O)c1OCOCC1CC1. The largest absolute Gasteiger partial charge is 0.467 e. The molecule has 2 rings (SSSR count). The van der Waals surface area contributed by atoms with Crippen LogP contribution in [0.1, 0.15) is 28.8 Å². The number of ether oxygens (including phenoxy) is 2. The summed E-state index contributed by atoms with van der Waals surface area (Å²) in [5.41, 5.74) is 1.48. The lowest BCUT2D eigenvalue weighted by molar-refractivity contribution is 0.00931. The van der Waals surface area contributed by atoms with Crippen LogP contribution in [0.25, 0.3) is 0 Å². The first-order valence-electron chi connectivity index (χ1n) is 5.66. The van der Waals surface area contributed by atoms with Crippen molar-refractivity contribution in [2.75, 3.05) is 13.4 Å². The molecule has 0 N–H and O–H groups in total. The maximum Gasteiger partial charge on any atom is 0.189 e. The van der Waals surface area contributed by atoms with Crippen LogP contribution in [0.2, 0.25) is 0 Å². The Morgan fingerprint density at radius 2 is 2.24 bits per heavy atom. The molecule has 1 saturated carbocycles. The van der Waals surface area contributed by atoms with Gasteiger partial charge < -0.3 is 9.47 Å². The highest BCUT2D eigenvalue weighted by Gasteiger charge is 2.21. The zero-order valence-electron chi connectivity index (χ0n) is 9.74. The lowest BCUT2D eigenvalue weighted by Gasteiger charge is -2.12. The number of halogens is 1. The van der Waals surface area contributed by atoms with Gasteiger partial charge in [-0.1, -0.05) is 15.9 Å². The smallest absolute Gasteiger partial charge is 0.189 e. The van der Waals surface area contributed by atoms with Gasteiger partial charge in [0.05, 0.1) is 12.2 Å². The van der Waals surface area contributed by atoms with Gasteiger partial charge in [-0.15, -0.1) is 0 Å². The molecule has 1 aliphatic carbocycles. The van der Waals surface area contributed by atoms with Crippen molar-refractivity contribution in [2.24, 2.45) is 5.92 Å². The summed E-state index contributed by atoms with van der Waals surface area (Å²) in [7, 11) is 0. The molecular formula is C13H15BrO3. The third-order valence-electron chi connectivity index (χ3n) is 2.73. The summed E-state index contributed by atoms with van der Waals surface area (Å²) in [6.45, 7) is 2.87. The standard InChI is InChI=1S/C13H15BrO3/c1-9-4-12(14)5-11(6-15)13(9)17-8-16-7-10-2-3-10/h4-6,10H,2-3,7-8H2,1H3. The molecule has 17 heavy (non-hydrogen) atoms. The van der Waals surface area contributed by atoms with Crippen molar-refractivity contribution in [2.45, 2.75) is 19.8 Å². The normalized spacial score (nSPS) is 14.7. The minimum atomic E-state index is 0.208. The Labute approximate surface area is 109 Å². The van der Waals surface area contributed by atoms with Crippen LogP contribution in [0, 0.1) is 12.8 Å². The van der Waals surface area contributed by atoms with Crippen LogP contribution in [0.3, 0.4) is 0 Å². The summed E-state index contributed by atoms with van der Waals surface area (Å²) in [5, 5.41) is 0. The van der Waals surface area contributed by atoms with Crippen molar-refractivity contribution in [3.8, 4) is 5.75 Å². The van der Waals surface area contributed by atoms with Crippen molar-refractivity contribution in [1.82, 2.24) is 0 Å². The number of hydrogen-bond donors (Lipinski definition) is 0. The van der Waals surface area contributed by atoms with Crippen molar-refractivity contribution in [3.63, 3.8) is 0 Å². The predicted molar refractivity (Wildman–Crippen MR) is 68.4 cm³/mol. The molecule has 1 fully saturated rings. The minimum Gasteiger partial charge on any atom is -0.467 e. The average Bonchev–Trinajstić information content (AvgIpc) is 3.09. The van der Waals surface area contributed by atoms with E-state index in [1.807, 2.05) is 13.0 Å². The zero-order chi connectivity index (χ0) is 12.3. The van der Waals surface area contributed by atoms with Gasteiger partial charge in [0.25, 0.3) is 0 Å². The minimum absolute atomic E-state index is 0.208. The molecule has 92 valence electrons. The molecule has 1 aromatic rings. The molecule has 1 aromatic carbocycles. The molecule has 0 saturated heterocycles. The Kier molecular flexibility index (Phi) is 4.18. The van der Waals surface area contributed by atoms with Crippen LogP contribution < -0.4 is 4.74 Å².